The van der Waals surface area contributed by atoms with Crippen molar-refractivity contribution in [3.8, 4) is 5.75 Å². The Balaban J connectivity index is 2.52. The molecular weight excluding hydrogens is 220 g/mol. The van der Waals surface area contributed by atoms with Crippen LogP contribution >= 0.6 is 0 Å². The SMILES string of the molecule is Cc1cccc(C)c1OCC=NN=C(N)NO. The van der Waals surface area contributed by atoms with E-state index in [-0.39, 0.29) is 12.6 Å². The topological polar surface area (TPSA) is 92.2 Å². The van der Waals surface area contributed by atoms with Crippen LogP contribution < -0.4 is 16.0 Å². The number of aryl methyl sites for hydroxylation is 2. The Morgan fingerprint density at radius 3 is 2.71 bits per heavy atom. The van der Waals surface area contributed by atoms with Crippen LogP contribution in [0.25, 0.3) is 0 Å². The Labute approximate surface area is 99.8 Å². The highest BCUT2D eigenvalue weighted by Crippen LogP contribution is 2.21. The Bertz CT molecular complexity index is 409. The summed E-state index contributed by atoms with van der Waals surface area (Å²) in [5.74, 6) is 0.671. The molecule has 0 heterocycles. The first-order chi connectivity index (χ1) is 8.15. The zero-order valence-corrected chi connectivity index (χ0v) is 9.84. The van der Waals surface area contributed by atoms with Crippen LogP contribution in [0, 0.1) is 13.8 Å². The summed E-state index contributed by atoms with van der Waals surface area (Å²) in [6, 6.07) is 5.93. The van der Waals surface area contributed by atoms with E-state index in [2.05, 4.69) is 10.2 Å². The number of ether oxygens (including phenoxy) is 1. The zero-order valence-electron chi connectivity index (χ0n) is 9.84. The van der Waals surface area contributed by atoms with Gasteiger partial charge in [-0.1, -0.05) is 18.2 Å². The van der Waals surface area contributed by atoms with Crippen molar-refractivity contribution in [2.45, 2.75) is 13.8 Å². The van der Waals surface area contributed by atoms with Gasteiger partial charge >= 0.3 is 0 Å². The molecule has 0 unspecified atom stereocenters. The Morgan fingerprint density at radius 2 is 2.12 bits per heavy atom. The van der Waals surface area contributed by atoms with Crippen molar-refractivity contribution in [1.29, 1.82) is 0 Å². The van der Waals surface area contributed by atoms with E-state index in [0.29, 0.717) is 0 Å². The molecule has 0 saturated heterocycles. The summed E-state index contributed by atoms with van der Waals surface area (Å²) >= 11 is 0. The Kier molecular flexibility index (Phi) is 4.96. The number of benzene rings is 1. The molecular formula is C11H16N4O2. The fraction of sp³-hybridized carbons (Fsp3) is 0.273. The molecule has 0 fully saturated rings. The fourth-order valence-electron chi connectivity index (χ4n) is 1.31. The maximum atomic E-state index is 8.33. The monoisotopic (exact) mass is 236 g/mol. The first-order valence-corrected chi connectivity index (χ1v) is 5.09. The third kappa shape index (κ3) is 4.12. The van der Waals surface area contributed by atoms with Gasteiger partial charge in [-0.25, -0.2) is 5.48 Å². The van der Waals surface area contributed by atoms with Gasteiger partial charge in [-0.15, -0.1) is 5.10 Å². The molecule has 6 heteroatoms. The second-order valence-electron chi connectivity index (χ2n) is 3.43. The highest BCUT2D eigenvalue weighted by atomic mass is 16.5. The van der Waals surface area contributed by atoms with E-state index in [4.69, 9.17) is 15.7 Å². The second-order valence-corrected chi connectivity index (χ2v) is 3.43. The first kappa shape index (κ1) is 13.0. The van der Waals surface area contributed by atoms with Crippen LogP contribution in [0.5, 0.6) is 5.75 Å². The van der Waals surface area contributed by atoms with Crippen LogP contribution in [0.2, 0.25) is 0 Å². The molecule has 0 aliphatic carbocycles. The molecule has 0 radical (unpaired) electrons. The van der Waals surface area contributed by atoms with Gasteiger partial charge in [0.25, 0.3) is 0 Å². The van der Waals surface area contributed by atoms with Crippen molar-refractivity contribution in [2.24, 2.45) is 15.9 Å². The number of nitrogens with two attached hydrogens (primary N) is 1. The highest BCUT2D eigenvalue weighted by Gasteiger charge is 2.01. The molecule has 1 aromatic carbocycles. The number of guanidine groups is 1. The maximum Gasteiger partial charge on any atom is 0.237 e. The molecule has 0 amide bonds. The van der Waals surface area contributed by atoms with Gasteiger partial charge in [-0.3, -0.25) is 5.21 Å². The third-order valence-electron chi connectivity index (χ3n) is 2.07. The maximum absolute atomic E-state index is 8.33. The van der Waals surface area contributed by atoms with E-state index in [9.17, 15) is 0 Å². The van der Waals surface area contributed by atoms with E-state index < -0.39 is 0 Å². The van der Waals surface area contributed by atoms with Gasteiger partial charge < -0.3 is 10.5 Å². The number of hydroxylamine groups is 1. The van der Waals surface area contributed by atoms with Gasteiger partial charge in [0.2, 0.25) is 5.96 Å². The molecule has 4 N–H and O–H groups in total. The number of rotatable bonds is 4. The van der Waals surface area contributed by atoms with Crippen molar-refractivity contribution >= 4 is 12.2 Å². The first-order valence-electron chi connectivity index (χ1n) is 5.09. The fourth-order valence-corrected chi connectivity index (χ4v) is 1.31. The average Bonchev–Trinajstić information content (AvgIpc) is 2.31. The lowest BCUT2D eigenvalue weighted by Crippen LogP contribution is -2.27. The van der Waals surface area contributed by atoms with Crippen molar-refractivity contribution in [1.82, 2.24) is 5.48 Å². The lowest BCUT2D eigenvalue weighted by molar-refractivity contribution is 0.232. The minimum Gasteiger partial charge on any atom is -0.487 e. The van der Waals surface area contributed by atoms with Crippen LogP contribution in [-0.2, 0) is 0 Å². The molecule has 92 valence electrons. The average molecular weight is 236 g/mol. The van der Waals surface area contributed by atoms with Gasteiger partial charge in [0.05, 0.1) is 6.21 Å². The standard InChI is InChI=1S/C11H16N4O2/c1-8-4-3-5-9(2)10(8)17-7-6-13-14-11(12)15-16/h3-6,16H,7H2,1-2H3,(H3,12,14,15). The predicted octanol–water partition coefficient (Wildman–Crippen LogP) is 0.962. The van der Waals surface area contributed by atoms with E-state index >= 15 is 0 Å². The number of hydrogen-bond acceptors (Lipinski definition) is 4. The summed E-state index contributed by atoms with van der Waals surface area (Å²) in [7, 11) is 0. The normalized spacial score (nSPS) is 11.8. The van der Waals surface area contributed by atoms with Crippen LogP contribution in [0.1, 0.15) is 11.1 Å². The van der Waals surface area contributed by atoms with Crippen molar-refractivity contribution in [3.05, 3.63) is 29.3 Å². The Morgan fingerprint density at radius 1 is 1.47 bits per heavy atom. The summed E-state index contributed by atoms with van der Waals surface area (Å²) < 4.78 is 5.54. The Hall–Kier alpha value is -2.08. The quantitative estimate of drug-likeness (QED) is 0.412. The summed E-state index contributed by atoms with van der Waals surface area (Å²) in [6.45, 7) is 4.24. The number of para-hydroxylation sites is 1. The van der Waals surface area contributed by atoms with E-state index in [1.54, 1.807) is 5.48 Å². The largest absolute Gasteiger partial charge is 0.487 e. The number of nitrogens with one attached hydrogen (secondary N) is 1. The molecule has 1 aromatic rings. The molecule has 0 aliphatic rings. The lowest BCUT2D eigenvalue weighted by Gasteiger charge is -2.09. The van der Waals surface area contributed by atoms with Crippen LogP contribution in [0.4, 0.5) is 0 Å². The minimum atomic E-state index is -0.173. The van der Waals surface area contributed by atoms with Gasteiger partial charge in [0.15, 0.2) is 0 Å². The molecule has 0 aliphatic heterocycles. The highest BCUT2D eigenvalue weighted by molar-refractivity contribution is 5.77. The number of nitrogens with zero attached hydrogens (tertiary/aromatic N) is 2. The lowest BCUT2D eigenvalue weighted by atomic mass is 10.1. The molecule has 0 atom stereocenters. The van der Waals surface area contributed by atoms with Crippen molar-refractivity contribution in [2.75, 3.05) is 6.61 Å². The van der Waals surface area contributed by atoms with Gasteiger partial charge in [-0.2, -0.15) is 5.10 Å². The third-order valence-corrected chi connectivity index (χ3v) is 2.07. The molecule has 0 spiro atoms. The van der Waals surface area contributed by atoms with Crippen molar-refractivity contribution < 1.29 is 9.94 Å². The number of hydrogen-bond donors (Lipinski definition) is 3. The van der Waals surface area contributed by atoms with Crippen LogP contribution in [0.15, 0.2) is 28.4 Å². The van der Waals surface area contributed by atoms with Gasteiger partial charge in [0, 0.05) is 0 Å². The van der Waals surface area contributed by atoms with E-state index in [0.717, 1.165) is 16.9 Å². The molecule has 0 aromatic heterocycles. The molecule has 1 rings (SSSR count). The summed E-state index contributed by atoms with van der Waals surface area (Å²) in [5, 5.41) is 15.4. The summed E-state index contributed by atoms with van der Waals surface area (Å²) in [4.78, 5) is 0. The van der Waals surface area contributed by atoms with Gasteiger partial charge in [0.1, 0.15) is 12.4 Å². The van der Waals surface area contributed by atoms with Crippen molar-refractivity contribution in [3.63, 3.8) is 0 Å². The minimum absolute atomic E-state index is 0.173. The molecule has 6 nitrogen and oxygen atoms in total. The molecule has 17 heavy (non-hydrogen) atoms. The molecule has 0 bridgehead atoms. The van der Waals surface area contributed by atoms with Gasteiger partial charge in [-0.05, 0) is 25.0 Å². The summed E-state index contributed by atoms with van der Waals surface area (Å²) in [5.41, 5.74) is 8.95. The van der Waals surface area contributed by atoms with Crippen LogP contribution in [0.3, 0.4) is 0 Å². The van der Waals surface area contributed by atoms with Crippen LogP contribution in [-0.4, -0.2) is 24.0 Å². The zero-order chi connectivity index (χ0) is 12.7. The second kappa shape index (κ2) is 6.49. The van der Waals surface area contributed by atoms with E-state index in [1.807, 2.05) is 32.0 Å². The summed E-state index contributed by atoms with van der Waals surface area (Å²) in [6.07, 6.45) is 1.45. The predicted molar refractivity (Wildman–Crippen MR) is 66.4 cm³/mol. The van der Waals surface area contributed by atoms with E-state index in [1.165, 1.54) is 6.21 Å². The molecule has 0 saturated carbocycles. The smallest absolute Gasteiger partial charge is 0.237 e.